The van der Waals surface area contributed by atoms with Crippen molar-refractivity contribution in [2.24, 2.45) is 0 Å². The minimum Gasteiger partial charge on any atom is -0.375 e. The molecule has 2 aromatic carbocycles. The van der Waals surface area contributed by atoms with Crippen LogP contribution in [0.25, 0.3) is 0 Å². The van der Waals surface area contributed by atoms with Crippen LogP contribution in [-0.2, 0) is 6.54 Å². The van der Waals surface area contributed by atoms with Crippen LogP contribution in [0.1, 0.15) is 22.8 Å². The fourth-order valence-electron chi connectivity index (χ4n) is 3.11. The summed E-state index contributed by atoms with van der Waals surface area (Å²) in [5.74, 6) is -0.190. The van der Waals surface area contributed by atoms with E-state index in [0.29, 0.717) is 35.9 Å². The molecule has 1 aliphatic rings. The zero-order chi connectivity index (χ0) is 19.4. The van der Waals surface area contributed by atoms with Crippen molar-refractivity contribution in [2.75, 3.05) is 25.0 Å². The average molecular weight is 389 g/mol. The van der Waals surface area contributed by atoms with Gasteiger partial charge in [0.15, 0.2) is 0 Å². The van der Waals surface area contributed by atoms with Crippen LogP contribution in [0.3, 0.4) is 0 Å². The second kappa shape index (κ2) is 8.37. The molecule has 0 aliphatic carbocycles. The van der Waals surface area contributed by atoms with Gasteiger partial charge in [-0.25, -0.2) is 0 Å². The summed E-state index contributed by atoms with van der Waals surface area (Å²) >= 11 is 6.13. The molecule has 27 heavy (non-hydrogen) atoms. The Morgan fingerprint density at radius 2 is 2.15 bits per heavy atom. The van der Waals surface area contributed by atoms with E-state index < -0.39 is 4.92 Å². The number of piperazine rings is 1. The molecule has 0 unspecified atom stereocenters. The second-order valence-electron chi connectivity index (χ2n) is 6.49. The molecular formula is C19H21ClN4O3. The number of nitrogens with zero attached hydrogens (tertiary/aromatic N) is 2. The Morgan fingerprint density at radius 1 is 1.37 bits per heavy atom. The highest BCUT2D eigenvalue weighted by Gasteiger charge is 2.26. The number of benzene rings is 2. The molecule has 8 heteroatoms. The van der Waals surface area contributed by atoms with Gasteiger partial charge in [-0.05, 0) is 30.7 Å². The quantitative estimate of drug-likeness (QED) is 0.606. The lowest BCUT2D eigenvalue weighted by molar-refractivity contribution is -0.384. The third kappa shape index (κ3) is 4.37. The minimum atomic E-state index is -0.479. The first-order chi connectivity index (χ1) is 13.0. The van der Waals surface area contributed by atoms with Gasteiger partial charge in [0.2, 0.25) is 0 Å². The number of rotatable bonds is 5. The standard InChI is InChI=1S/C19H21ClN4O3/c1-13-11-21-8-9-23(13)19(25)14-6-7-17(18(10-14)24(26)27)22-12-15-4-2-3-5-16(15)20/h2-7,10,13,21-22H,8-9,11-12H2,1H3/t13-/m1/s1. The van der Waals surface area contributed by atoms with E-state index in [9.17, 15) is 14.9 Å². The Kier molecular flexibility index (Phi) is 5.93. The van der Waals surface area contributed by atoms with Crippen molar-refractivity contribution in [3.8, 4) is 0 Å². The number of hydrogen-bond acceptors (Lipinski definition) is 5. The van der Waals surface area contributed by atoms with Gasteiger partial charge >= 0.3 is 0 Å². The number of amides is 1. The van der Waals surface area contributed by atoms with Gasteiger partial charge in [-0.2, -0.15) is 0 Å². The van der Waals surface area contributed by atoms with Gasteiger partial charge in [0.05, 0.1) is 4.92 Å². The van der Waals surface area contributed by atoms with Gasteiger partial charge in [0.25, 0.3) is 11.6 Å². The largest absolute Gasteiger partial charge is 0.375 e. The fraction of sp³-hybridized carbons (Fsp3) is 0.316. The molecule has 2 N–H and O–H groups in total. The minimum absolute atomic E-state index is 0.0448. The molecule has 142 valence electrons. The van der Waals surface area contributed by atoms with Crippen LogP contribution in [-0.4, -0.2) is 41.4 Å². The third-order valence-corrected chi connectivity index (χ3v) is 5.00. The molecule has 0 bridgehead atoms. The molecule has 1 atom stereocenters. The van der Waals surface area contributed by atoms with E-state index in [1.807, 2.05) is 25.1 Å². The van der Waals surface area contributed by atoms with Gasteiger partial charge < -0.3 is 15.5 Å². The molecule has 1 fully saturated rings. The summed E-state index contributed by atoms with van der Waals surface area (Å²) in [6, 6.07) is 11.9. The maximum Gasteiger partial charge on any atom is 0.293 e. The lowest BCUT2D eigenvalue weighted by Gasteiger charge is -2.34. The summed E-state index contributed by atoms with van der Waals surface area (Å²) in [5.41, 5.74) is 1.38. The lowest BCUT2D eigenvalue weighted by atomic mass is 10.1. The number of carbonyl (C=O) groups excluding carboxylic acids is 1. The molecule has 0 spiro atoms. The van der Waals surface area contributed by atoms with E-state index in [1.165, 1.54) is 6.07 Å². The summed E-state index contributed by atoms with van der Waals surface area (Å²) in [4.78, 5) is 25.5. The Bertz CT molecular complexity index is 859. The third-order valence-electron chi connectivity index (χ3n) is 4.63. The van der Waals surface area contributed by atoms with Crippen LogP contribution in [0.4, 0.5) is 11.4 Å². The summed E-state index contributed by atoms with van der Waals surface area (Å²) < 4.78 is 0. The molecule has 7 nitrogen and oxygen atoms in total. The average Bonchev–Trinajstić information content (AvgIpc) is 2.67. The normalized spacial score (nSPS) is 16.8. The highest BCUT2D eigenvalue weighted by atomic mass is 35.5. The van der Waals surface area contributed by atoms with Crippen LogP contribution < -0.4 is 10.6 Å². The van der Waals surface area contributed by atoms with Gasteiger partial charge in [-0.1, -0.05) is 29.8 Å². The first kappa shape index (κ1) is 19.1. The fourth-order valence-corrected chi connectivity index (χ4v) is 3.31. The van der Waals surface area contributed by atoms with Crippen molar-refractivity contribution < 1.29 is 9.72 Å². The van der Waals surface area contributed by atoms with E-state index in [1.54, 1.807) is 23.1 Å². The Morgan fingerprint density at radius 3 is 2.85 bits per heavy atom. The van der Waals surface area contributed by atoms with Crippen molar-refractivity contribution in [1.82, 2.24) is 10.2 Å². The second-order valence-corrected chi connectivity index (χ2v) is 6.89. The van der Waals surface area contributed by atoms with Gasteiger partial charge in [0.1, 0.15) is 5.69 Å². The zero-order valence-corrected chi connectivity index (χ0v) is 15.7. The van der Waals surface area contributed by atoms with Crippen molar-refractivity contribution in [3.05, 3.63) is 68.7 Å². The Hall–Kier alpha value is -2.64. The van der Waals surface area contributed by atoms with E-state index in [4.69, 9.17) is 11.6 Å². The van der Waals surface area contributed by atoms with E-state index in [-0.39, 0.29) is 17.6 Å². The molecule has 2 aromatic rings. The van der Waals surface area contributed by atoms with Crippen LogP contribution in [0, 0.1) is 10.1 Å². The van der Waals surface area contributed by atoms with Crippen molar-refractivity contribution in [3.63, 3.8) is 0 Å². The van der Waals surface area contributed by atoms with Gasteiger partial charge in [-0.15, -0.1) is 0 Å². The topological polar surface area (TPSA) is 87.5 Å². The van der Waals surface area contributed by atoms with Crippen molar-refractivity contribution >= 4 is 28.9 Å². The number of carbonyl (C=O) groups is 1. The Labute approximate surface area is 162 Å². The van der Waals surface area contributed by atoms with Gasteiger partial charge in [0, 0.05) is 48.9 Å². The van der Waals surface area contributed by atoms with E-state index in [0.717, 1.165) is 12.1 Å². The summed E-state index contributed by atoms with van der Waals surface area (Å²) in [6.45, 7) is 4.32. The highest BCUT2D eigenvalue weighted by molar-refractivity contribution is 6.31. The molecule has 1 amide bonds. The molecule has 0 saturated carbocycles. The molecule has 1 aliphatic heterocycles. The molecule has 0 aromatic heterocycles. The number of anilines is 1. The molecule has 1 saturated heterocycles. The summed E-state index contributed by atoms with van der Waals surface area (Å²) in [5, 5.41) is 18.4. The summed E-state index contributed by atoms with van der Waals surface area (Å²) in [6.07, 6.45) is 0. The Balaban J connectivity index is 1.81. The molecule has 3 rings (SSSR count). The van der Waals surface area contributed by atoms with Gasteiger partial charge in [-0.3, -0.25) is 14.9 Å². The number of halogens is 1. The summed E-state index contributed by atoms with van der Waals surface area (Å²) in [7, 11) is 0. The maximum absolute atomic E-state index is 12.8. The van der Waals surface area contributed by atoms with Crippen LogP contribution in [0.2, 0.25) is 5.02 Å². The number of nitrogens with one attached hydrogen (secondary N) is 2. The van der Waals surface area contributed by atoms with Crippen LogP contribution >= 0.6 is 11.6 Å². The number of hydrogen-bond donors (Lipinski definition) is 2. The van der Waals surface area contributed by atoms with E-state index in [2.05, 4.69) is 10.6 Å². The first-order valence-electron chi connectivity index (χ1n) is 8.75. The number of nitro groups is 1. The van der Waals surface area contributed by atoms with Crippen molar-refractivity contribution in [2.45, 2.75) is 19.5 Å². The lowest BCUT2D eigenvalue weighted by Crippen LogP contribution is -2.52. The molecule has 0 radical (unpaired) electrons. The first-order valence-corrected chi connectivity index (χ1v) is 9.12. The SMILES string of the molecule is C[C@@H]1CNCCN1C(=O)c1ccc(NCc2ccccc2Cl)c([N+](=O)[O-])c1. The maximum atomic E-state index is 12.8. The molecular weight excluding hydrogens is 368 g/mol. The predicted molar refractivity (Wildman–Crippen MR) is 105 cm³/mol. The zero-order valence-electron chi connectivity index (χ0n) is 14.9. The number of nitro benzene ring substituents is 1. The predicted octanol–water partition coefficient (Wildman–Crippen LogP) is 3.29. The van der Waals surface area contributed by atoms with Crippen molar-refractivity contribution in [1.29, 1.82) is 0 Å². The smallest absolute Gasteiger partial charge is 0.293 e. The molecule has 1 heterocycles. The van der Waals surface area contributed by atoms with Crippen LogP contribution in [0.5, 0.6) is 0 Å². The van der Waals surface area contributed by atoms with Crippen LogP contribution in [0.15, 0.2) is 42.5 Å². The van der Waals surface area contributed by atoms with E-state index >= 15 is 0 Å². The monoisotopic (exact) mass is 388 g/mol. The highest BCUT2D eigenvalue weighted by Crippen LogP contribution is 2.28.